The van der Waals surface area contributed by atoms with Gasteiger partial charge in [0.25, 0.3) is 0 Å². The number of aryl methyl sites for hydroxylation is 1. The predicted octanol–water partition coefficient (Wildman–Crippen LogP) is 1.41. The molecule has 3 aliphatic heterocycles. The van der Waals surface area contributed by atoms with E-state index >= 15 is 0 Å². The molecular weight excluding hydrogens is 344 g/mol. The fourth-order valence-electron chi connectivity index (χ4n) is 4.32. The number of benzene rings is 1. The lowest BCUT2D eigenvalue weighted by Gasteiger charge is -2.38. The maximum absolute atomic E-state index is 12.7. The minimum Gasteiger partial charge on any atom is -0.356 e. The fraction of sp³-hybridized carbons (Fsp3) is 0.550. The third-order valence-electron chi connectivity index (χ3n) is 6.16. The summed E-state index contributed by atoms with van der Waals surface area (Å²) in [6.07, 6.45) is 2.84. The Morgan fingerprint density at radius 2 is 1.85 bits per heavy atom. The van der Waals surface area contributed by atoms with Gasteiger partial charge in [-0.3, -0.25) is 9.59 Å². The van der Waals surface area contributed by atoms with Crippen molar-refractivity contribution in [3.05, 3.63) is 29.8 Å². The van der Waals surface area contributed by atoms with Gasteiger partial charge in [0.2, 0.25) is 11.8 Å². The zero-order valence-electron chi connectivity index (χ0n) is 15.7. The van der Waals surface area contributed by atoms with E-state index in [1.165, 1.54) is 0 Å². The molecule has 0 aromatic heterocycles. The monoisotopic (exact) mass is 370 g/mol. The average molecular weight is 370 g/mol. The SMILES string of the molecule is Cc1ccc(N2CCC(NC(=O)N3CCC4(CC3)CNC(=O)C4)C2=O)cc1. The number of nitrogens with one attached hydrogen (secondary N) is 2. The molecule has 0 saturated carbocycles. The third kappa shape index (κ3) is 3.50. The smallest absolute Gasteiger partial charge is 0.318 e. The number of carbonyl (C=O) groups excluding carboxylic acids is 3. The summed E-state index contributed by atoms with van der Waals surface area (Å²) in [6.45, 7) is 4.60. The van der Waals surface area contributed by atoms with E-state index in [1.54, 1.807) is 9.80 Å². The highest BCUT2D eigenvalue weighted by atomic mass is 16.2. The molecule has 3 aliphatic rings. The molecule has 7 heteroatoms. The molecule has 0 aliphatic carbocycles. The Hall–Kier alpha value is -2.57. The molecule has 1 aromatic carbocycles. The van der Waals surface area contributed by atoms with Crippen LogP contribution in [0.15, 0.2) is 24.3 Å². The van der Waals surface area contributed by atoms with E-state index in [1.807, 2.05) is 31.2 Å². The number of nitrogens with zero attached hydrogens (tertiary/aromatic N) is 2. The van der Waals surface area contributed by atoms with Crippen LogP contribution in [0.25, 0.3) is 0 Å². The van der Waals surface area contributed by atoms with Crippen molar-refractivity contribution in [1.29, 1.82) is 0 Å². The van der Waals surface area contributed by atoms with E-state index in [0.29, 0.717) is 39.0 Å². The van der Waals surface area contributed by atoms with Gasteiger partial charge in [-0.2, -0.15) is 0 Å². The Bertz CT molecular complexity index is 753. The van der Waals surface area contributed by atoms with Gasteiger partial charge < -0.3 is 20.4 Å². The normalized spacial score (nSPS) is 24.4. The molecule has 144 valence electrons. The summed E-state index contributed by atoms with van der Waals surface area (Å²) in [7, 11) is 0. The van der Waals surface area contributed by atoms with Crippen molar-refractivity contribution in [3.8, 4) is 0 Å². The zero-order chi connectivity index (χ0) is 19.0. The molecule has 1 atom stereocenters. The lowest BCUT2D eigenvalue weighted by Crippen LogP contribution is -2.51. The molecule has 3 saturated heterocycles. The zero-order valence-corrected chi connectivity index (χ0v) is 15.7. The number of urea groups is 1. The Morgan fingerprint density at radius 1 is 1.15 bits per heavy atom. The summed E-state index contributed by atoms with van der Waals surface area (Å²) in [4.78, 5) is 40.3. The Kier molecular flexibility index (Phi) is 4.53. The molecule has 1 aromatic rings. The molecule has 3 heterocycles. The van der Waals surface area contributed by atoms with Gasteiger partial charge in [-0.15, -0.1) is 0 Å². The van der Waals surface area contributed by atoms with Crippen molar-refractivity contribution < 1.29 is 14.4 Å². The van der Waals surface area contributed by atoms with E-state index in [-0.39, 0.29) is 23.3 Å². The molecule has 0 bridgehead atoms. The van der Waals surface area contributed by atoms with Crippen LogP contribution in [-0.2, 0) is 9.59 Å². The second-order valence-corrected chi connectivity index (χ2v) is 8.06. The van der Waals surface area contributed by atoms with Gasteiger partial charge in [-0.1, -0.05) is 17.7 Å². The molecule has 4 amide bonds. The predicted molar refractivity (Wildman–Crippen MR) is 101 cm³/mol. The molecule has 7 nitrogen and oxygen atoms in total. The lowest BCUT2D eigenvalue weighted by atomic mass is 9.78. The number of rotatable bonds is 2. The van der Waals surface area contributed by atoms with Crippen LogP contribution in [-0.4, -0.2) is 55.0 Å². The van der Waals surface area contributed by atoms with Crippen LogP contribution >= 0.6 is 0 Å². The van der Waals surface area contributed by atoms with E-state index in [9.17, 15) is 14.4 Å². The van der Waals surface area contributed by atoms with Gasteiger partial charge in [-0.25, -0.2) is 4.79 Å². The van der Waals surface area contributed by atoms with E-state index in [0.717, 1.165) is 24.1 Å². The maximum Gasteiger partial charge on any atom is 0.318 e. The largest absolute Gasteiger partial charge is 0.356 e. The Labute approximate surface area is 159 Å². The number of amides is 4. The summed E-state index contributed by atoms with van der Waals surface area (Å²) in [6, 6.07) is 7.22. The van der Waals surface area contributed by atoms with Gasteiger partial charge in [0.1, 0.15) is 6.04 Å². The van der Waals surface area contributed by atoms with Gasteiger partial charge in [0, 0.05) is 38.3 Å². The molecule has 2 N–H and O–H groups in total. The van der Waals surface area contributed by atoms with Gasteiger partial charge in [0.05, 0.1) is 0 Å². The van der Waals surface area contributed by atoms with Crippen molar-refractivity contribution >= 4 is 23.5 Å². The number of likely N-dealkylation sites (tertiary alicyclic amines) is 1. The minimum absolute atomic E-state index is 0.0132. The van der Waals surface area contributed by atoms with E-state index < -0.39 is 6.04 Å². The standard InChI is InChI=1S/C20H26N4O3/c1-14-2-4-15(5-3-14)24-9-6-16(18(24)26)22-19(27)23-10-7-20(8-11-23)12-17(25)21-13-20/h2-5,16H,6-13H2,1H3,(H,21,25)(H,22,27). The first-order valence-electron chi connectivity index (χ1n) is 9.66. The van der Waals surface area contributed by atoms with Crippen LogP contribution in [0, 0.1) is 12.3 Å². The number of hydrogen-bond donors (Lipinski definition) is 2. The molecule has 4 rings (SSSR count). The molecule has 1 spiro atoms. The third-order valence-corrected chi connectivity index (χ3v) is 6.16. The van der Waals surface area contributed by atoms with Crippen LogP contribution in [0.4, 0.5) is 10.5 Å². The minimum atomic E-state index is -0.468. The van der Waals surface area contributed by atoms with Crippen LogP contribution in [0.2, 0.25) is 0 Å². The first-order valence-corrected chi connectivity index (χ1v) is 9.66. The second-order valence-electron chi connectivity index (χ2n) is 8.06. The Balaban J connectivity index is 1.32. The summed E-state index contributed by atoms with van der Waals surface area (Å²) in [5.41, 5.74) is 2.04. The highest BCUT2D eigenvalue weighted by Gasteiger charge is 2.42. The van der Waals surface area contributed by atoms with Gasteiger partial charge >= 0.3 is 6.03 Å². The first kappa shape index (κ1) is 17.8. The maximum atomic E-state index is 12.7. The number of piperidine rings is 1. The highest BCUT2D eigenvalue weighted by Crippen LogP contribution is 2.37. The molecule has 0 radical (unpaired) electrons. The van der Waals surface area contributed by atoms with E-state index in [2.05, 4.69) is 10.6 Å². The number of anilines is 1. The number of hydrogen-bond acceptors (Lipinski definition) is 3. The lowest BCUT2D eigenvalue weighted by molar-refractivity contribution is -0.120. The summed E-state index contributed by atoms with van der Waals surface area (Å²) < 4.78 is 0. The van der Waals surface area contributed by atoms with Gasteiger partial charge in [0.15, 0.2) is 0 Å². The highest BCUT2D eigenvalue weighted by molar-refractivity contribution is 6.01. The number of carbonyl (C=O) groups is 3. The Morgan fingerprint density at radius 3 is 2.48 bits per heavy atom. The quantitative estimate of drug-likeness (QED) is 0.826. The molecule has 3 fully saturated rings. The fourth-order valence-corrected chi connectivity index (χ4v) is 4.32. The summed E-state index contributed by atoms with van der Waals surface area (Å²) in [5.74, 6) is 0.0620. The van der Waals surface area contributed by atoms with Crippen molar-refractivity contribution in [2.45, 2.75) is 38.6 Å². The molecule has 1 unspecified atom stereocenters. The van der Waals surface area contributed by atoms with Crippen LogP contribution in [0.1, 0.15) is 31.2 Å². The van der Waals surface area contributed by atoms with Crippen LogP contribution in [0.3, 0.4) is 0 Å². The molecule has 27 heavy (non-hydrogen) atoms. The molecular formula is C20H26N4O3. The van der Waals surface area contributed by atoms with Crippen molar-refractivity contribution in [1.82, 2.24) is 15.5 Å². The van der Waals surface area contributed by atoms with Crippen molar-refractivity contribution in [3.63, 3.8) is 0 Å². The van der Waals surface area contributed by atoms with E-state index in [4.69, 9.17) is 0 Å². The average Bonchev–Trinajstić information content (AvgIpc) is 3.20. The van der Waals surface area contributed by atoms with Crippen LogP contribution in [0.5, 0.6) is 0 Å². The first-order chi connectivity index (χ1) is 13.0. The van der Waals surface area contributed by atoms with Crippen molar-refractivity contribution in [2.75, 3.05) is 31.1 Å². The van der Waals surface area contributed by atoms with Crippen LogP contribution < -0.4 is 15.5 Å². The topological polar surface area (TPSA) is 81.8 Å². The summed E-state index contributed by atoms with van der Waals surface area (Å²) in [5, 5.41) is 5.81. The summed E-state index contributed by atoms with van der Waals surface area (Å²) >= 11 is 0. The second kappa shape index (κ2) is 6.87. The van der Waals surface area contributed by atoms with Crippen molar-refractivity contribution in [2.24, 2.45) is 5.41 Å². The van der Waals surface area contributed by atoms with Gasteiger partial charge in [-0.05, 0) is 43.7 Å².